The Bertz CT molecular complexity index is 2110. The molecule has 6 aromatic carbocycles. The number of anilines is 1. The van der Waals surface area contributed by atoms with Crippen molar-refractivity contribution < 1.29 is 27.8 Å². The number of rotatable bonds is 10. The quantitative estimate of drug-likeness (QED) is 0.0629. The van der Waals surface area contributed by atoms with Gasteiger partial charge in [0, 0.05) is 0 Å². The number of aromatic carboxylic acids is 1. The summed E-state index contributed by atoms with van der Waals surface area (Å²) < 4.78 is 49.2. The Kier molecular flexibility index (Phi) is 9.96. The van der Waals surface area contributed by atoms with E-state index in [2.05, 4.69) is 31.2 Å². The van der Waals surface area contributed by atoms with E-state index >= 15 is 0 Å². The van der Waals surface area contributed by atoms with Gasteiger partial charge in [-0.15, -0.1) is 0 Å². The number of unbranched alkanes of at least 4 members (excludes halogenated alkanes) is 1. The monoisotopic (exact) mass is 773 g/mol. The van der Waals surface area contributed by atoms with Gasteiger partial charge in [0.05, 0.1) is 0 Å². The van der Waals surface area contributed by atoms with Crippen LogP contribution in [0.3, 0.4) is 0 Å². The van der Waals surface area contributed by atoms with Crippen LogP contribution in [0.1, 0.15) is 35.7 Å². The van der Waals surface area contributed by atoms with E-state index in [9.17, 15) is 23.1 Å². The van der Waals surface area contributed by atoms with Crippen molar-refractivity contribution in [3.8, 4) is 50.3 Å². The number of carbonyl (C=O) groups is 1. The number of fused-ring (bicyclic) bond motifs is 1. The first kappa shape index (κ1) is 34.0. The summed E-state index contributed by atoms with van der Waals surface area (Å²) in [6.07, 6.45) is -2.15. The van der Waals surface area contributed by atoms with Crippen LogP contribution >= 0.6 is 21.2 Å². The Labute approximate surface area is 293 Å². The summed E-state index contributed by atoms with van der Waals surface area (Å²) in [5.41, 5.74) is 11.8. The molecule has 0 saturated carbocycles. The van der Waals surface area contributed by atoms with Crippen LogP contribution in [-0.2, 0) is 6.18 Å². The van der Waals surface area contributed by atoms with Gasteiger partial charge in [0.1, 0.15) is 0 Å². The summed E-state index contributed by atoms with van der Waals surface area (Å²) in [6, 6.07) is 34.2. The average molecular weight is 774 g/mol. The van der Waals surface area contributed by atoms with Crippen LogP contribution in [0.4, 0.5) is 18.9 Å². The molecule has 0 atom stereocenters. The number of nitrogens with two attached hydrogens (primary N) is 1. The van der Waals surface area contributed by atoms with E-state index in [-0.39, 0.29) is 32.5 Å². The Morgan fingerprint density at radius 3 is 1.78 bits per heavy atom. The van der Waals surface area contributed by atoms with E-state index < -0.39 is 17.7 Å². The third-order valence-corrected chi connectivity index (χ3v) is 11.7. The van der Waals surface area contributed by atoms with E-state index in [1.807, 2.05) is 54.6 Å². The van der Waals surface area contributed by atoms with Crippen molar-refractivity contribution in [1.29, 1.82) is 0 Å². The van der Waals surface area contributed by atoms with E-state index in [4.69, 9.17) is 10.5 Å². The normalized spacial score (nSPS) is 11.6. The minimum absolute atomic E-state index is 0.0836. The summed E-state index contributed by atoms with van der Waals surface area (Å²) in [6.45, 7) is 2.20. The number of halogens is 4. The molecule has 0 bridgehead atoms. The second-order valence-corrected chi connectivity index (χ2v) is 15.0. The number of ether oxygens (including phenoxy) is 1. The predicted molar refractivity (Wildman–Crippen MR) is 203 cm³/mol. The fourth-order valence-electron chi connectivity index (χ4n) is 6.15. The van der Waals surface area contributed by atoms with Crippen molar-refractivity contribution in [2.75, 3.05) is 17.3 Å². The summed E-state index contributed by atoms with van der Waals surface area (Å²) in [5.74, 6) is -0.521. The molecule has 0 heterocycles. The van der Waals surface area contributed by atoms with E-state index in [1.54, 1.807) is 19.2 Å². The maximum atomic E-state index is 13.7. The molecule has 0 saturated heterocycles. The third-order valence-electron chi connectivity index (χ3n) is 8.56. The first-order chi connectivity index (χ1) is 23.6. The molecule has 4 nitrogen and oxygen atoms in total. The van der Waals surface area contributed by atoms with Gasteiger partial charge in [-0.2, -0.15) is 13.2 Å². The molecule has 0 aliphatic heterocycles. The van der Waals surface area contributed by atoms with Gasteiger partial charge < -0.3 is 0 Å². The molecule has 250 valence electrons. The van der Waals surface area contributed by atoms with Gasteiger partial charge in [0.15, 0.2) is 0 Å². The molecule has 0 fully saturated rings. The van der Waals surface area contributed by atoms with E-state index in [0.29, 0.717) is 27.6 Å². The molecule has 6 rings (SSSR count). The summed E-state index contributed by atoms with van der Waals surface area (Å²) in [7, 11) is 1.60. The zero-order valence-electron chi connectivity index (χ0n) is 27.0. The first-order valence-electron chi connectivity index (χ1n) is 15.9. The number of hydrogen-bond donors (Lipinski definition) is 2. The second-order valence-electron chi connectivity index (χ2n) is 11.7. The molecule has 0 radical (unpaired) electrons. The fraction of sp³-hybridized carbons (Fsp3) is 0.146. The van der Waals surface area contributed by atoms with E-state index in [1.165, 1.54) is 26.6 Å². The number of benzene rings is 6. The van der Waals surface area contributed by atoms with Gasteiger partial charge in [-0.05, 0) is 0 Å². The number of hydrogen-bond acceptors (Lipinski definition) is 3. The van der Waals surface area contributed by atoms with Crippen molar-refractivity contribution in [3.63, 3.8) is 0 Å². The van der Waals surface area contributed by atoms with Crippen LogP contribution in [0.25, 0.3) is 55.3 Å². The van der Waals surface area contributed by atoms with Crippen molar-refractivity contribution in [3.05, 3.63) is 130 Å². The standard InChI is InChI=1S/C41H35F3INO3/c1-3-4-22-45-30-18-12-27(13-19-30)37-33-24-35(46)34(40(47)48)23-32(33)36(26-10-16-29(17-11-26)41(42,43)44)38(25-8-6-5-7-9-25)39(37)28-14-20-31(49-2)21-15-28/h5-21,23-24,45H,3-4,22,46H2,1-2H3,(H,47,48). The molecular weight excluding hydrogens is 738 g/mol. The molecular formula is C41H35F3INO3. The van der Waals surface area contributed by atoms with Crippen LogP contribution in [0.2, 0.25) is 0 Å². The zero-order valence-corrected chi connectivity index (χ0v) is 29.3. The maximum absolute atomic E-state index is 13.7. The molecule has 0 aliphatic rings. The van der Waals surface area contributed by atoms with E-state index in [0.717, 1.165) is 51.9 Å². The van der Waals surface area contributed by atoms with Crippen molar-refractivity contribution >= 4 is 43.6 Å². The van der Waals surface area contributed by atoms with Crippen LogP contribution < -0.4 is 10.5 Å². The number of methoxy groups -OCH3 is 1. The molecule has 8 heteroatoms. The summed E-state index contributed by atoms with van der Waals surface area (Å²) in [5, 5.41) is 11.4. The van der Waals surface area contributed by atoms with Crippen molar-refractivity contribution in [2.24, 2.45) is 0 Å². The molecule has 6 aromatic rings. The molecule has 0 unspecified atom stereocenters. The number of nitrogen functional groups attached to an aromatic ring is 1. The van der Waals surface area contributed by atoms with Gasteiger partial charge in [-0.25, -0.2) is 0 Å². The molecule has 0 aliphatic carbocycles. The van der Waals surface area contributed by atoms with Gasteiger partial charge in [-0.3, -0.25) is 0 Å². The Balaban J connectivity index is 1.79. The summed E-state index contributed by atoms with van der Waals surface area (Å²) >= 11 is -0.343. The van der Waals surface area contributed by atoms with Gasteiger partial charge in [0.25, 0.3) is 0 Å². The third kappa shape index (κ3) is 7.01. The molecule has 0 amide bonds. The molecule has 0 spiro atoms. The van der Waals surface area contributed by atoms with Crippen LogP contribution in [0.5, 0.6) is 5.75 Å². The number of carboxylic acid groups (broad SMARTS) is 1. The van der Waals surface area contributed by atoms with Gasteiger partial charge in [-0.1, -0.05) is 0 Å². The van der Waals surface area contributed by atoms with Gasteiger partial charge >= 0.3 is 282 Å². The van der Waals surface area contributed by atoms with Crippen LogP contribution in [0, 0.1) is 3.57 Å². The number of carboxylic acids is 1. The first-order valence-corrected chi connectivity index (χ1v) is 18.7. The molecule has 3 N–H and O–H groups in total. The Hall–Kier alpha value is -4.83. The topological polar surface area (TPSA) is 72.5 Å². The SMILES string of the molecule is CCCC[IH]c1ccc(-c2c(-c3ccc(OC)cc3)c(-c3ccccc3)c(-c3ccc(C(F)(F)F)cc3)c3cc(C(=O)O)c(N)cc23)cc1. The summed E-state index contributed by atoms with van der Waals surface area (Å²) in [4.78, 5) is 12.5. The Morgan fingerprint density at radius 1 is 0.735 bits per heavy atom. The molecule has 49 heavy (non-hydrogen) atoms. The minimum atomic E-state index is -4.52. The predicted octanol–water partition coefficient (Wildman–Crippen LogP) is 11.5. The average Bonchev–Trinajstić information content (AvgIpc) is 3.11. The van der Waals surface area contributed by atoms with Crippen molar-refractivity contribution in [2.45, 2.75) is 25.9 Å². The zero-order chi connectivity index (χ0) is 34.7. The Morgan fingerprint density at radius 2 is 1.24 bits per heavy atom. The fourth-order valence-corrected chi connectivity index (χ4v) is 9.00. The van der Waals surface area contributed by atoms with Crippen molar-refractivity contribution in [1.82, 2.24) is 0 Å². The molecule has 0 aromatic heterocycles. The van der Waals surface area contributed by atoms with Gasteiger partial charge in [0.2, 0.25) is 0 Å². The van der Waals surface area contributed by atoms with Crippen LogP contribution in [0.15, 0.2) is 115 Å². The van der Waals surface area contributed by atoms with Crippen LogP contribution in [-0.4, -0.2) is 22.6 Å². The second kappa shape index (κ2) is 14.3. The number of alkyl halides is 4.